The first kappa shape index (κ1) is 18.6. The van der Waals surface area contributed by atoms with Crippen molar-refractivity contribution in [3.05, 3.63) is 65.5 Å². The monoisotopic (exact) mass is 365 g/mol. The van der Waals surface area contributed by atoms with Gasteiger partial charge in [-0.25, -0.2) is 0 Å². The number of carbonyl (C=O) groups excluding carboxylic acids is 1. The van der Waals surface area contributed by atoms with E-state index < -0.39 is 0 Å². The molecule has 3 rings (SSSR count). The van der Waals surface area contributed by atoms with E-state index in [0.717, 1.165) is 16.9 Å². The highest BCUT2D eigenvalue weighted by molar-refractivity contribution is 5.76. The number of amides is 1. The molecule has 0 saturated carbocycles. The third kappa shape index (κ3) is 4.73. The molecule has 6 nitrogen and oxygen atoms in total. The predicted octanol–water partition coefficient (Wildman–Crippen LogP) is 3.64. The second-order valence-corrected chi connectivity index (χ2v) is 6.42. The quantitative estimate of drug-likeness (QED) is 0.639. The lowest BCUT2D eigenvalue weighted by Gasteiger charge is -2.18. The van der Waals surface area contributed by atoms with E-state index in [1.165, 1.54) is 5.56 Å². The molecule has 1 heterocycles. The fraction of sp³-hybridized carbons (Fsp3) is 0.286. The van der Waals surface area contributed by atoms with Crippen LogP contribution in [-0.4, -0.2) is 35.1 Å². The van der Waals surface area contributed by atoms with E-state index in [2.05, 4.69) is 10.1 Å². The maximum Gasteiger partial charge on any atom is 0.227 e. The molecule has 27 heavy (non-hydrogen) atoms. The summed E-state index contributed by atoms with van der Waals surface area (Å²) in [5, 5.41) is 3.99. The van der Waals surface area contributed by atoms with Gasteiger partial charge in [0.25, 0.3) is 0 Å². The van der Waals surface area contributed by atoms with E-state index in [9.17, 15) is 4.79 Å². The third-order valence-electron chi connectivity index (χ3n) is 4.46. The van der Waals surface area contributed by atoms with Crippen molar-refractivity contribution in [2.45, 2.75) is 26.3 Å². The second kappa shape index (κ2) is 8.49. The zero-order chi connectivity index (χ0) is 19.2. The van der Waals surface area contributed by atoms with E-state index in [-0.39, 0.29) is 5.91 Å². The molecule has 140 valence electrons. The van der Waals surface area contributed by atoms with Crippen molar-refractivity contribution >= 4 is 5.91 Å². The second-order valence-electron chi connectivity index (χ2n) is 6.42. The van der Waals surface area contributed by atoms with Crippen LogP contribution >= 0.6 is 0 Å². The molecule has 0 N–H and O–H groups in total. The molecule has 1 amide bonds. The van der Waals surface area contributed by atoms with Gasteiger partial charge in [0, 0.05) is 32.0 Å². The first-order valence-corrected chi connectivity index (χ1v) is 8.82. The van der Waals surface area contributed by atoms with Gasteiger partial charge in [0.05, 0.1) is 7.11 Å². The van der Waals surface area contributed by atoms with Crippen LogP contribution in [0, 0.1) is 6.92 Å². The molecule has 0 radical (unpaired) electrons. The Bertz CT molecular complexity index is 903. The molecule has 0 aliphatic rings. The number of benzene rings is 2. The highest BCUT2D eigenvalue weighted by atomic mass is 16.5. The van der Waals surface area contributed by atoms with Gasteiger partial charge in [-0.05, 0) is 42.3 Å². The van der Waals surface area contributed by atoms with E-state index in [4.69, 9.17) is 9.26 Å². The Labute approximate surface area is 158 Å². The van der Waals surface area contributed by atoms with Crippen molar-refractivity contribution in [2.75, 3.05) is 14.2 Å². The molecule has 0 aliphatic heterocycles. The normalized spacial score (nSPS) is 10.6. The van der Waals surface area contributed by atoms with Crippen LogP contribution in [0.25, 0.3) is 11.4 Å². The van der Waals surface area contributed by atoms with E-state index >= 15 is 0 Å². The summed E-state index contributed by atoms with van der Waals surface area (Å²) in [5.41, 5.74) is 3.17. The Balaban J connectivity index is 1.56. The minimum Gasteiger partial charge on any atom is -0.497 e. The number of rotatable bonds is 7. The maximum absolute atomic E-state index is 12.4. The van der Waals surface area contributed by atoms with Gasteiger partial charge in [0.1, 0.15) is 5.75 Å². The van der Waals surface area contributed by atoms with Crippen LogP contribution in [-0.2, 0) is 17.8 Å². The van der Waals surface area contributed by atoms with Gasteiger partial charge in [-0.2, -0.15) is 4.98 Å². The smallest absolute Gasteiger partial charge is 0.227 e. The Hall–Kier alpha value is -3.15. The molecule has 0 atom stereocenters. The standard InChI is InChI=1S/C21H23N3O3/c1-15-6-4-5-7-17(15)14-24(2)20(25)13-12-19-22-21(23-27-19)16-8-10-18(26-3)11-9-16/h4-11H,12-14H2,1-3H3. The summed E-state index contributed by atoms with van der Waals surface area (Å²) in [6, 6.07) is 15.5. The minimum atomic E-state index is 0.0439. The summed E-state index contributed by atoms with van der Waals surface area (Å²) in [6.45, 7) is 2.64. The van der Waals surface area contributed by atoms with Crippen molar-refractivity contribution in [3.63, 3.8) is 0 Å². The number of aromatic nitrogens is 2. The van der Waals surface area contributed by atoms with Crippen LogP contribution in [0.4, 0.5) is 0 Å². The first-order chi connectivity index (χ1) is 13.1. The molecule has 2 aromatic carbocycles. The van der Waals surface area contributed by atoms with Crippen molar-refractivity contribution in [3.8, 4) is 17.1 Å². The maximum atomic E-state index is 12.4. The molecule has 0 fully saturated rings. The fourth-order valence-electron chi connectivity index (χ4n) is 2.75. The van der Waals surface area contributed by atoms with Crippen molar-refractivity contribution in [1.29, 1.82) is 0 Å². The molecule has 1 aromatic heterocycles. The molecule has 0 bridgehead atoms. The molecule has 0 spiro atoms. The zero-order valence-electron chi connectivity index (χ0n) is 15.8. The lowest BCUT2D eigenvalue weighted by molar-refractivity contribution is -0.130. The fourth-order valence-corrected chi connectivity index (χ4v) is 2.75. The van der Waals surface area contributed by atoms with Crippen LogP contribution in [0.1, 0.15) is 23.4 Å². The Morgan fingerprint density at radius 2 is 1.89 bits per heavy atom. The number of ether oxygens (including phenoxy) is 1. The Kier molecular flexibility index (Phi) is 5.86. The number of hydrogen-bond donors (Lipinski definition) is 0. The van der Waals surface area contributed by atoms with Crippen LogP contribution in [0.3, 0.4) is 0 Å². The summed E-state index contributed by atoms with van der Waals surface area (Å²) < 4.78 is 10.4. The van der Waals surface area contributed by atoms with Gasteiger partial charge in [0.15, 0.2) is 0 Å². The van der Waals surface area contributed by atoms with E-state index in [1.54, 1.807) is 12.0 Å². The number of methoxy groups -OCH3 is 1. The average molecular weight is 365 g/mol. The Morgan fingerprint density at radius 3 is 2.59 bits per heavy atom. The molecule has 0 saturated heterocycles. The SMILES string of the molecule is COc1ccc(-c2noc(CCC(=O)N(C)Cc3ccccc3C)n2)cc1. The molecular weight excluding hydrogens is 342 g/mol. The topological polar surface area (TPSA) is 68.5 Å². The Morgan fingerprint density at radius 1 is 1.15 bits per heavy atom. The van der Waals surface area contributed by atoms with Gasteiger partial charge >= 0.3 is 0 Å². The summed E-state index contributed by atoms with van der Waals surface area (Å²) in [7, 11) is 3.43. The number of aryl methyl sites for hydroxylation is 2. The van der Waals surface area contributed by atoms with E-state index in [0.29, 0.717) is 31.1 Å². The van der Waals surface area contributed by atoms with Crippen LogP contribution < -0.4 is 4.74 Å². The largest absolute Gasteiger partial charge is 0.497 e. The molecule has 6 heteroatoms. The molecule has 0 unspecified atom stereocenters. The number of nitrogens with zero attached hydrogens (tertiary/aromatic N) is 3. The van der Waals surface area contributed by atoms with Gasteiger partial charge in [-0.15, -0.1) is 0 Å². The number of hydrogen-bond acceptors (Lipinski definition) is 5. The third-order valence-corrected chi connectivity index (χ3v) is 4.46. The first-order valence-electron chi connectivity index (χ1n) is 8.82. The van der Waals surface area contributed by atoms with Crippen LogP contribution in [0.2, 0.25) is 0 Å². The predicted molar refractivity (Wildman–Crippen MR) is 102 cm³/mol. The van der Waals surface area contributed by atoms with Crippen LogP contribution in [0.5, 0.6) is 5.75 Å². The van der Waals surface area contributed by atoms with Gasteiger partial charge in [-0.3, -0.25) is 4.79 Å². The summed E-state index contributed by atoms with van der Waals surface area (Å²) in [6.07, 6.45) is 0.743. The average Bonchev–Trinajstić information content (AvgIpc) is 3.17. The minimum absolute atomic E-state index is 0.0439. The van der Waals surface area contributed by atoms with Crippen molar-refractivity contribution in [2.24, 2.45) is 0 Å². The molecule has 0 aliphatic carbocycles. The highest BCUT2D eigenvalue weighted by Crippen LogP contribution is 2.20. The number of carbonyl (C=O) groups is 1. The highest BCUT2D eigenvalue weighted by Gasteiger charge is 2.14. The van der Waals surface area contributed by atoms with Gasteiger partial charge < -0.3 is 14.2 Å². The zero-order valence-corrected chi connectivity index (χ0v) is 15.8. The lowest BCUT2D eigenvalue weighted by Crippen LogP contribution is -2.26. The van der Waals surface area contributed by atoms with Gasteiger partial charge in [-0.1, -0.05) is 29.4 Å². The van der Waals surface area contributed by atoms with Crippen LogP contribution in [0.15, 0.2) is 53.1 Å². The van der Waals surface area contributed by atoms with Crippen molar-refractivity contribution in [1.82, 2.24) is 15.0 Å². The van der Waals surface area contributed by atoms with Gasteiger partial charge in [0.2, 0.25) is 17.6 Å². The lowest BCUT2D eigenvalue weighted by atomic mass is 10.1. The van der Waals surface area contributed by atoms with Crippen molar-refractivity contribution < 1.29 is 14.1 Å². The molecular formula is C21H23N3O3. The van der Waals surface area contributed by atoms with E-state index in [1.807, 2.05) is 62.5 Å². The summed E-state index contributed by atoms with van der Waals surface area (Å²) in [4.78, 5) is 18.5. The summed E-state index contributed by atoms with van der Waals surface area (Å²) in [5.74, 6) is 1.78. The molecule has 3 aromatic rings. The summed E-state index contributed by atoms with van der Waals surface area (Å²) >= 11 is 0.